The molecule has 1 N–H and O–H groups in total. The molecule has 1 unspecified atom stereocenters. The van der Waals surface area contributed by atoms with Crippen LogP contribution in [0.3, 0.4) is 0 Å². The fraction of sp³-hybridized carbons (Fsp3) is 0.600. The fourth-order valence-electron chi connectivity index (χ4n) is 2.03. The Bertz CT molecular complexity index is 380. The maximum atomic E-state index is 9.65. The van der Waals surface area contributed by atoms with Gasteiger partial charge in [-0.15, -0.1) is 0 Å². The maximum Gasteiger partial charge on any atom is 0.123 e. The van der Waals surface area contributed by atoms with E-state index in [-0.39, 0.29) is 0 Å². The van der Waals surface area contributed by atoms with Gasteiger partial charge in [0.15, 0.2) is 0 Å². The lowest BCUT2D eigenvalue weighted by molar-refractivity contribution is 0.177. The molecular weight excluding hydrogens is 242 g/mol. The minimum absolute atomic E-state index is 0.455. The first-order valence-corrected chi connectivity index (χ1v) is 6.60. The molecule has 0 aliphatic heterocycles. The molecule has 0 aliphatic carbocycles. The van der Waals surface area contributed by atoms with Crippen molar-refractivity contribution in [3.63, 3.8) is 0 Å². The highest BCUT2D eigenvalue weighted by atomic mass is 16.5. The van der Waals surface area contributed by atoms with E-state index in [0.717, 1.165) is 43.0 Å². The van der Waals surface area contributed by atoms with Crippen molar-refractivity contribution in [1.29, 1.82) is 0 Å². The summed E-state index contributed by atoms with van der Waals surface area (Å²) in [5.74, 6) is 0.864. The summed E-state index contributed by atoms with van der Waals surface area (Å²) in [6.45, 7) is 4.31. The average Bonchev–Trinajstić information content (AvgIpc) is 2.38. The molecule has 19 heavy (non-hydrogen) atoms. The first kappa shape index (κ1) is 16.0. The van der Waals surface area contributed by atoms with E-state index in [9.17, 15) is 5.11 Å². The third kappa shape index (κ3) is 5.19. The quantitative estimate of drug-likeness (QED) is 0.733. The van der Waals surface area contributed by atoms with Gasteiger partial charge in [0.1, 0.15) is 5.75 Å². The first-order chi connectivity index (χ1) is 9.08. The van der Waals surface area contributed by atoms with Crippen LogP contribution in [0.5, 0.6) is 5.75 Å². The first-order valence-electron chi connectivity index (χ1n) is 6.60. The number of hydrogen-bond donors (Lipinski definition) is 1. The summed E-state index contributed by atoms with van der Waals surface area (Å²) in [7, 11) is 5.46. The van der Waals surface area contributed by atoms with Gasteiger partial charge in [0, 0.05) is 32.4 Å². The Labute approximate surface area is 115 Å². The Balaban J connectivity index is 2.71. The highest BCUT2D eigenvalue weighted by Crippen LogP contribution is 2.24. The molecule has 0 aliphatic rings. The minimum atomic E-state index is -0.455. The van der Waals surface area contributed by atoms with Crippen LogP contribution in [0.4, 0.5) is 0 Å². The lowest BCUT2D eigenvalue weighted by atomic mass is 10.1. The summed E-state index contributed by atoms with van der Waals surface area (Å²) in [4.78, 5) is 2.22. The highest BCUT2D eigenvalue weighted by Gasteiger charge is 2.09. The van der Waals surface area contributed by atoms with Gasteiger partial charge in [-0.25, -0.2) is 0 Å². The van der Waals surface area contributed by atoms with Crippen molar-refractivity contribution < 1.29 is 14.6 Å². The van der Waals surface area contributed by atoms with Gasteiger partial charge in [-0.05, 0) is 38.1 Å². The van der Waals surface area contributed by atoms with E-state index < -0.39 is 6.10 Å². The standard InChI is InChI=1S/C15H25NO3/c1-12(17)13-6-7-15(19-4)14(10-13)11-16(2)8-5-9-18-3/h6-7,10,12,17H,5,8-9,11H2,1-4H3. The van der Waals surface area contributed by atoms with Crippen molar-refractivity contribution in [3.05, 3.63) is 29.3 Å². The normalized spacial score (nSPS) is 12.7. The van der Waals surface area contributed by atoms with Gasteiger partial charge in [-0.1, -0.05) is 6.07 Å². The molecule has 0 heterocycles. The van der Waals surface area contributed by atoms with E-state index in [4.69, 9.17) is 9.47 Å². The maximum absolute atomic E-state index is 9.65. The second kappa shape index (κ2) is 8.15. The molecule has 0 radical (unpaired) electrons. The van der Waals surface area contributed by atoms with E-state index in [1.807, 2.05) is 18.2 Å². The van der Waals surface area contributed by atoms with Crippen molar-refractivity contribution in [2.24, 2.45) is 0 Å². The summed E-state index contributed by atoms with van der Waals surface area (Å²) in [6, 6.07) is 5.83. The number of nitrogens with zero attached hydrogens (tertiary/aromatic N) is 1. The number of rotatable bonds is 8. The van der Waals surface area contributed by atoms with E-state index in [2.05, 4.69) is 11.9 Å². The van der Waals surface area contributed by atoms with Crippen LogP contribution in [0, 0.1) is 0 Å². The summed E-state index contributed by atoms with van der Waals surface area (Å²) >= 11 is 0. The van der Waals surface area contributed by atoms with Crippen LogP contribution in [-0.4, -0.2) is 44.4 Å². The molecule has 0 bridgehead atoms. The number of ether oxygens (including phenoxy) is 2. The molecule has 0 aromatic heterocycles. The molecule has 1 rings (SSSR count). The molecular formula is C15H25NO3. The topological polar surface area (TPSA) is 41.9 Å². The second-order valence-electron chi connectivity index (χ2n) is 4.83. The number of benzene rings is 1. The fourth-order valence-corrected chi connectivity index (χ4v) is 2.03. The lowest BCUT2D eigenvalue weighted by Crippen LogP contribution is -2.20. The summed E-state index contributed by atoms with van der Waals surface area (Å²) in [6.07, 6.45) is 0.550. The molecule has 1 aromatic carbocycles. The zero-order chi connectivity index (χ0) is 14.3. The third-order valence-corrected chi connectivity index (χ3v) is 3.12. The molecule has 0 saturated heterocycles. The smallest absolute Gasteiger partial charge is 0.123 e. The zero-order valence-corrected chi connectivity index (χ0v) is 12.3. The Morgan fingerprint density at radius 2 is 2.05 bits per heavy atom. The van der Waals surface area contributed by atoms with Crippen LogP contribution < -0.4 is 4.74 Å². The van der Waals surface area contributed by atoms with Crippen molar-refractivity contribution >= 4 is 0 Å². The SMILES string of the molecule is COCCCN(C)Cc1cc(C(C)O)ccc1OC. The van der Waals surface area contributed by atoms with Gasteiger partial charge in [0.25, 0.3) is 0 Å². The van der Waals surface area contributed by atoms with E-state index >= 15 is 0 Å². The zero-order valence-electron chi connectivity index (χ0n) is 12.3. The van der Waals surface area contributed by atoms with Crippen LogP contribution in [0.2, 0.25) is 0 Å². The predicted molar refractivity (Wildman–Crippen MR) is 76.5 cm³/mol. The second-order valence-corrected chi connectivity index (χ2v) is 4.83. The van der Waals surface area contributed by atoms with Crippen LogP contribution in [0.15, 0.2) is 18.2 Å². The number of aliphatic hydroxyl groups excluding tert-OH is 1. The highest BCUT2D eigenvalue weighted by molar-refractivity contribution is 5.38. The van der Waals surface area contributed by atoms with E-state index in [1.54, 1.807) is 21.1 Å². The van der Waals surface area contributed by atoms with Gasteiger partial charge in [-0.2, -0.15) is 0 Å². The van der Waals surface area contributed by atoms with E-state index in [1.165, 1.54) is 0 Å². The minimum Gasteiger partial charge on any atom is -0.496 e. The van der Waals surface area contributed by atoms with Gasteiger partial charge < -0.3 is 19.5 Å². The van der Waals surface area contributed by atoms with Crippen LogP contribution in [0.25, 0.3) is 0 Å². The molecule has 0 saturated carbocycles. The molecule has 0 amide bonds. The monoisotopic (exact) mass is 267 g/mol. The summed E-state index contributed by atoms with van der Waals surface area (Å²) in [5, 5.41) is 9.65. The number of hydrogen-bond acceptors (Lipinski definition) is 4. The summed E-state index contributed by atoms with van der Waals surface area (Å²) in [5.41, 5.74) is 2.02. The van der Waals surface area contributed by atoms with Crippen LogP contribution >= 0.6 is 0 Å². The third-order valence-electron chi connectivity index (χ3n) is 3.12. The Hall–Kier alpha value is -1.10. The summed E-state index contributed by atoms with van der Waals surface area (Å²) < 4.78 is 10.4. The lowest BCUT2D eigenvalue weighted by Gasteiger charge is -2.19. The van der Waals surface area contributed by atoms with Gasteiger partial charge in [0.2, 0.25) is 0 Å². The van der Waals surface area contributed by atoms with Crippen molar-refractivity contribution in [1.82, 2.24) is 4.90 Å². The van der Waals surface area contributed by atoms with Crippen molar-refractivity contribution in [2.45, 2.75) is 26.0 Å². The predicted octanol–water partition coefficient (Wildman–Crippen LogP) is 2.22. The van der Waals surface area contributed by atoms with Crippen molar-refractivity contribution in [3.8, 4) is 5.75 Å². The average molecular weight is 267 g/mol. The number of aliphatic hydroxyl groups is 1. The Kier molecular flexibility index (Phi) is 6.84. The van der Waals surface area contributed by atoms with Crippen molar-refractivity contribution in [2.75, 3.05) is 34.4 Å². The number of methoxy groups -OCH3 is 2. The molecule has 1 atom stereocenters. The molecule has 0 spiro atoms. The van der Waals surface area contributed by atoms with Gasteiger partial charge in [0.05, 0.1) is 13.2 Å². The molecule has 108 valence electrons. The Morgan fingerprint density at radius 1 is 1.32 bits per heavy atom. The molecule has 4 nitrogen and oxygen atoms in total. The van der Waals surface area contributed by atoms with E-state index in [0.29, 0.717) is 0 Å². The Morgan fingerprint density at radius 3 is 2.63 bits per heavy atom. The van der Waals surface area contributed by atoms with Crippen LogP contribution in [0.1, 0.15) is 30.6 Å². The molecule has 0 fully saturated rings. The van der Waals surface area contributed by atoms with Gasteiger partial charge in [-0.3, -0.25) is 0 Å². The molecule has 1 aromatic rings. The largest absolute Gasteiger partial charge is 0.496 e. The van der Waals surface area contributed by atoms with Gasteiger partial charge >= 0.3 is 0 Å². The van der Waals surface area contributed by atoms with Crippen LogP contribution in [-0.2, 0) is 11.3 Å². The molecule has 4 heteroatoms.